The molecule has 1 aromatic carbocycles. The van der Waals surface area contributed by atoms with Gasteiger partial charge in [-0.15, -0.1) is 0 Å². The van der Waals surface area contributed by atoms with Crippen molar-refractivity contribution in [2.75, 3.05) is 5.32 Å². The van der Waals surface area contributed by atoms with Gasteiger partial charge in [0.2, 0.25) is 0 Å². The molecule has 0 saturated heterocycles. The first-order valence-corrected chi connectivity index (χ1v) is 6.54. The van der Waals surface area contributed by atoms with Gasteiger partial charge < -0.3 is 5.32 Å². The zero-order valence-corrected chi connectivity index (χ0v) is 12.4. The van der Waals surface area contributed by atoms with E-state index in [2.05, 4.69) is 32.9 Å². The van der Waals surface area contributed by atoms with Crippen molar-refractivity contribution in [3.05, 3.63) is 52.3 Å². The largest absolute Gasteiger partial charge is 0.320 e. The van der Waals surface area contributed by atoms with Crippen molar-refractivity contribution >= 4 is 33.6 Å². The Labute approximate surface area is 120 Å². The molecule has 1 amide bonds. The number of anilines is 1. The van der Waals surface area contributed by atoms with Crippen molar-refractivity contribution in [2.45, 2.75) is 6.92 Å². The van der Waals surface area contributed by atoms with Gasteiger partial charge in [-0.1, -0.05) is 28.6 Å². The number of hydrogen-bond acceptors (Lipinski definition) is 2. The van der Waals surface area contributed by atoms with Gasteiger partial charge in [-0.05, 0) is 30.7 Å². The highest BCUT2D eigenvalue weighted by atomic mass is 79.9. The van der Waals surface area contributed by atoms with Crippen molar-refractivity contribution in [3.8, 4) is 0 Å². The number of nitrogens with one attached hydrogen (secondary N) is 1. The van der Waals surface area contributed by atoms with Gasteiger partial charge in [-0.2, -0.15) is 5.10 Å². The van der Waals surface area contributed by atoms with Crippen LogP contribution in [0.5, 0.6) is 0 Å². The van der Waals surface area contributed by atoms with E-state index in [9.17, 15) is 4.79 Å². The van der Waals surface area contributed by atoms with E-state index in [1.807, 2.05) is 25.1 Å². The van der Waals surface area contributed by atoms with Gasteiger partial charge in [-0.25, -0.2) is 0 Å². The van der Waals surface area contributed by atoms with E-state index in [-0.39, 0.29) is 5.91 Å². The standard InChI is InChI=1S/C14H14BrN3O/c1-4-10-8-16-18(3)13(10)14(19)17-12-6-5-11(15)7-9(12)2/h4-8H,1H2,2-3H3,(H,17,19). The molecule has 0 aliphatic heterocycles. The Morgan fingerprint density at radius 1 is 1.53 bits per heavy atom. The third-order valence-corrected chi connectivity index (χ3v) is 3.33. The molecule has 0 aliphatic rings. The molecule has 5 heteroatoms. The second-order valence-electron chi connectivity index (χ2n) is 4.19. The summed E-state index contributed by atoms with van der Waals surface area (Å²) in [6, 6.07) is 5.70. The topological polar surface area (TPSA) is 46.9 Å². The Morgan fingerprint density at radius 3 is 2.89 bits per heavy atom. The van der Waals surface area contributed by atoms with E-state index in [1.54, 1.807) is 24.0 Å². The van der Waals surface area contributed by atoms with Gasteiger partial charge in [0, 0.05) is 22.8 Å². The zero-order valence-electron chi connectivity index (χ0n) is 10.8. The summed E-state index contributed by atoms with van der Waals surface area (Å²) in [5.41, 5.74) is 2.99. The number of benzene rings is 1. The maximum atomic E-state index is 12.3. The quantitative estimate of drug-likeness (QED) is 0.942. The molecule has 98 valence electrons. The lowest BCUT2D eigenvalue weighted by molar-refractivity contribution is 0.101. The Balaban J connectivity index is 2.30. The van der Waals surface area contributed by atoms with Gasteiger partial charge in [0.25, 0.3) is 5.91 Å². The predicted octanol–water partition coefficient (Wildman–Crippen LogP) is 3.39. The van der Waals surface area contributed by atoms with Crippen LogP contribution in [0, 0.1) is 6.92 Å². The van der Waals surface area contributed by atoms with Crippen LogP contribution in [0.25, 0.3) is 6.08 Å². The highest BCUT2D eigenvalue weighted by Gasteiger charge is 2.15. The van der Waals surface area contributed by atoms with Crippen LogP contribution >= 0.6 is 15.9 Å². The number of nitrogens with zero attached hydrogens (tertiary/aromatic N) is 2. The molecule has 4 nitrogen and oxygen atoms in total. The van der Waals surface area contributed by atoms with E-state index >= 15 is 0 Å². The van der Waals surface area contributed by atoms with E-state index in [4.69, 9.17) is 0 Å². The van der Waals surface area contributed by atoms with E-state index < -0.39 is 0 Å². The van der Waals surface area contributed by atoms with Crippen LogP contribution in [-0.2, 0) is 7.05 Å². The summed E-state index contributed by atoms with van der Waals surface area (Å²) in [6.45, 7) is 5.63. The lowest BCUT2D eigenvalue weighted by atomic mass is 10.2. The number of rotatable bonds is 3. The first-order valence-electron chi connectivity index (χ1n) is 5.75. The maximum Gasteiger partial charge on any atom is 0.274 e. The minimum absolute atomic E-state index is 0.194. The zero-order chi connectivity index (χ0) is 14.0. The van der Waals surface area contributed by atoms with Crippen LogP contribution in [0.15, 0.2) is 35.4 Å². The molecule has 0 spiro atoms. The summed E-state index contributed by atoms with van der Waals surface area (Å²) in [4.78, 5) is 12.3. The lowest BCUT2D eigenvalue weighted by Crippen LogP contribution is -2.17. The first kappa shape index (κ1) is 13.5. The Bertz CT molecular complexity index is 646. The van der Waals surface area contributed by atoms with Gasteiger partial charge in [0.15, 0.2) is 0 Å². The highest BCUT2D eigenvalue weighted by molar-refractivity contribution is 9.10. The molecule has 2 rings (SSSR count). The molecule has 0 bridgehead atoms. The average molecular weight is 320 g/mol. The van der Waals surface area contributed by atoms with Crippen LogP contribution in [0.1, 0.15) is 21.6 Å². The SMILES string of the molecule is C=Cc1cnn(C)c1C(=O)Nc1ccc(Br)cc1C. The highest BCUT2D eigenvalue weighted by Crippen LogP contribution is 2.21. The number of aryl methyl sites for hydroxylation is 2. The molecular formula is C14H14BrN3O. The molecular weight excluding hydrogens is 306 g/mol. The first-order chi connectivity index (χ1) is 9.02. The van der Waals surface area contributed by atoms with Gasteiger partial charge >= 0.3 is 0 Å². The number of amides is 1. The fourth-order valence-electron chi connectivity index (χ4n) is 1.83. The Kier molecular flexibility index (Phi) is 3.85. The molecule has 0 radical (unpaired) electrons. The van der Waals surface area contributed by atoms with Crippen molar-refractivity contribution < 1.29 is 4.79 Å². The van der Waals surface area contributed by atoms with Crippen molar-refractivity contribution in [2.24, 2.45) is 7.05 Å². The Hall–Kier alpha value is -1.88. The summed E-state index contributed by atoms with van der Waals surface area (Å²) in [7, 11) is 1.73. The lowest BCUT2D eigenvalue weighted by Gasteiger charge is -2.09. The number of hydrogen-bond donors (Lipinski definition) is 1. The molecule has 1 heterocycles. The molecule has 0 unspecified atom stereocenters. The summed E-state index contributed by atoms with van der Waals surface area (Å²) in [6.07, 6.45) is 3.24. The molecule has 1 aromatic heterocycles. The van der Waals surface area contributed by atoms with E-state index in [0.29, 0.717) is 5.69 Å². The molecule has 0 aliphatic carbocycles. The van der Waals surface area contributed by atoms with Gasteiger partial charge in [-0.3, -0.25) is 9.48 Å². The second kappa shape index (κ2) is 5.40. The number of carbonyl (C=O) groups is 1. The van der Waals surface area contributed by atoms with Crippen LogP contribution in [0.4, 0.5) is 5.69 Å². The minimum Gasteiger partial charge on any atom is -0.320 e. The fraction of sp³-hybridized carbons (Fsp3) is 0.143. The number of carbonyl (C=O) groups excluding carboxylic acids is 1. The van der Waals surface area contributed by atoms with Gasteiger partial charge in [0.1, 0.15) is 5.69 Å². The van der Waals surface area contributed by atoms with Crippen LogP contribution < -0.4 is 5.32 Å². The van der Waals surface area contributed by atoms with Crippen molar-refractivity contribution in [1.29, 1.82) is 0 Å². The molecule has 0 fully saturated rings. The van der Waals surface area contributed by atoms with Crippen molar-refractivity contribution in [3.63, 3.8) is 0 Å². The van der Waals surface area contributed by atoms with Crippen LogP contribution in [0.3, 0.4) is 0 Å². The molecule has 1 N–H and O–H groups in total. The predicted molar refractivity (Wildman–Crippen MR) is 80.1 cm³/mol. The van der Waals surface area contributed by atoms with Crippen LogP contribution in [-0.4, -0.2) is 15.7 Å². The van der Waals surface area contributed by atoms with E-state index in [1.165, 1.54) is 0 Å². The average Bonchev–Trinajstić information content (AvgIpc) is 2.74. The third-order valence-electron chi connectivity index (χ3n) is 2.84. The molecule has 2 aromatic rings. The third kappa shape index (κ3) is 2.76. The number of halogens is 1. The van der Waals surface area contributed by atoms with Crippen molar-refractivity contribution in [1.82, 2.24) is 9.78 Å². The maximum absolute atomic E-state index is 12.3. The smallest absolute Gasteiger partial charge is 0.274 e. The summed E-state index contributed by atoms with van der Waals surface area (Å²) in [5, 5.41) is 6.95. The normalized spacial score (nSPS) is 10.3. The summed E-state index contributed by atoms with van der Waals surface area (Å²) >= 11 is 3.40. The monoisotopic (exact) mass is 319 g/mol. The van der Waals surface area contributed by atoms with Crippen LogP contribution in [0.2, 0.25) is 0 Å². The second-order valence-corrected chi connectivity index (χ2v) is 5.11. The van der Waals surface area contributed by atoms with E-state index in [0.717, 1.165) is 21.3 Å². The molecule has 0 saturated carbocycles. The minimum atomic E-state index is -0.194. The Morgan fingerprint density at radius 2 is 2.26 bits per heavy atom. The summed E-state index contributed by atoms with van der Waals surface area (Å²) in [5.74, 6) is -0.194. The fourth-order valence-corrected chi connectivity index (χ4v) is 2.31. The van der Waals surface area contributed by atoms with Gasteiger partial charge in [0.05, 0.1) is 6.20 Å². The molecule has 19 heavy (non-hydrogen) atoms. The summed E-state index contributed by atoms with van der Waals surface area (Å²) < 4.78 is 2.52. The molecule has 0 atom stereocenters. The number of aromatic nitrogens is 2.